The van der Waals surface area contributed by atoms with Gasteiger partial charge >= 0.3 is 5.97 Å². The Bertz CT molecular complexity index is 1400. The Morgan fingerprint density at radius 2 is 1.90 bits per heavy atom. The Hall–Kier alpha value is -3.57. The van der Waals surface area contributed by atoms with E-state index in [2.05, 4.69) is 10.3 Å². The van der Waals surface area contributed by atoms with Gasteiger partial charge in [0.05, 0.1) is 30.7 Å². The average Bonchev–Trinajstić information content (AvgIpc) is 3.56. The lowest BCUT2D eigenvalue weighted by Gasteiger charge is -2.40. The van der Waals surface area contributed by atoms with E-state index in [1.54, 1.807) is 9.58 Å². The number of rotatable bonds is 6. The predicted octanol–water partition coefficient (Wildman–Crippen LogP) is 2.20. The Labute approximate surface area is 238 Å². The highest BCUT2D eigenvalue weighted by Gasteiger charge is 2.75. The number of nitrogens with zero attached hydrogens (tertiary/aromatic N) is 5. The fraction of sp³-hybridized carbons (Fsp3) is 0.567. The smallest absolute Gasteiger partial charge is 0.313 e. The number of benzene rings is 1. The standard InChI is InChI=1S/C30H37N5O6/c1-3-20(18-36)35-25-27(38)33(19-34-22-13-8-7-12-21(22)31-32-34)16-11-15-30(25)23(26(35)37)24-28(39)40-17-10-6-5-9-14-29(24,4-2)41-30/h7-9,11-15,20,23-25,36H,3-6,10,16-19H2,1-2H3/b14-9-/t20-,23-,24-,25?,29+,30-/m0/s1. The van der Waals surface area contributed by atoms with Crippen molar-refractivity contribution in [2.45, 2.75) is 75.9 Å². The first-order chi connectivity index (χ1) is 19.9. The van der Waals surface area contributed by atoms with Crippen LogP contribution in [0.2, 0.25) is 0 Å². The van der Waals surface area contributed by atoms with Crippen LogP contribution in [0.1, 0.15) is 46.0 Å². The van der Waals surface area contributed by atoms with E-state index in [0.29, 0.717) is 18.4 Å². The first-order valence-electron chi connectivity index (χ1n) is 14.6. The van der Waals surface area contributed by atoms with Crippen molar-refractivity contribution in [2.24, 2.45) is 11.8 Å². The molecule has 4 aliphatic rings. The predicted molar refractivity (Wildman–Crippen MR) is 148 cm³/mol. The number of hydrogen-bond acceptors (Lipinski definition) is 8. The van der Waals surface area contributed by atoms with Gasteiger partial charge in [0, 0.05) is 6.54 Å². The van der Waals surface area contributed by atoms with Gasteiger partial charge in [0.15, 0.2) is 0 Å². The van der Waals surface area contributed by atoms with Gasteiger partial charge in [-0.15, -0.1) is 5.10 Å². The van der Waals surface area contributed by atoms with Gasteiger partial charge in [-0.25, -0.2) is 4.68 Å². The molecule has 218 valence electrons. The van der Waals surface area contributed by atoms with Crippen molar-refractivity contribution in [3.63, 3.8) is 0 Å². The molecule has 1 N–H and O–H groups in total. The van der Waals surface area contributed by atoms with Gasteiger partial charge in [0.1, 0.15) is 35.3 Å². The van der Waals surface area contributed by atoms with Crippen LogP contribution in [-0.4, -0.2) is 90.7 Å². The van der Waals surface area contributed by atoms with Crippen LogP contribution in [0.3, 0.4) is 0 Å². The molecule has 4 aliphatic heterocycles. The van der Waals surface area contributed by atoms with E-state index in [0.717, 1.165) is 24.8 Å². The lowest BCUT2D eigenvalue weighted by Crippen LogP contribution is -2.59. The van der Waals surface area contributed by atoms with Crippen molar-refractivity contribution in [3.8, 4) is 0 Å². The highest BCUT2D eigenvalue weighted by atomic mass is 16.6. The summed E-state index contributed by atoms with van der Waals surface area (Å²) in [7, 11) is 0. The third-order valence-electron chi connectivity index (χ3n) is 9.20. The molecule has 2 saturated heterocycles. The van der Waals surface area contributed by atoms with Gasteiger partial charge in [0.2, 0.25) is 5.91 Å². The number of fused-ring (bicyclic) bond motifs is 3. The largest absolute Gasteiger partial charge is 0.465 e. The number of esters is 1. The van der Waals surface area contributed by atoms with Gasteiger partial charge in [-0.05, 0) is 44.2 Å². The fourth-order valence-electron chi connectivity index (χ4n) is 7.14. The summed E-state index contributed by atoms with van der Waals surface area (Å²) in [5, 5.41) is 18.8. The van der Waals surface area contributed by atoms with E-state index in [9.17, 15) is 19.5 Å². The van der Waals surface area contributed by atoms with Crippen molar-refractivity contribution in [1.29, 1.82) is 0 Å². The van der Waals surface area contributed by atoms with Crippen LogP contribution in [0.15, 0.2) is 48.6 Å². The number of allylic oxidation sites excluding steroid dienone is 1. The van der Waals surface area contributed by atoms with Crippen LogP contribution in [0.25, 0.3) is 11.0 Å². The molecule has 0 radical (unpaired) electrons. The van der Waals surface area contributed by atoms with Crippen molar-refractivity contribution in [3.05, 3.63) is 48.6 Å². The summed E-state index contributed by atoms with van der Waals surface area (Å²) in [5.74, 6) is -3.09. The Morgan fingerprint density at radius 3 is 2.68 bits per heavy atom. The van der Waals surface area contributed by atoms with Gasteiger partial charge < -0.3 is 24.4 Å². The molecule has 6 atom stereocenters. The van der Waals surface area contributed by atoms with Crippen LogP contribution >= 0.6 is 0 Å². The van der Waals surface area contributed by atoms with Crippen molar-refractivity contribution < 1.29 is 29.0 Å². The van der Waals surface area contributed by atoms with Gasteiger partial charge in [-0.2, -0.15) is 0 Å². The molecule has 1 aromatic carbocycles. The number of likely N-dealkylation sites (tertiary alicyclic amines) is 1. The van der Waals surface area contributed by atoms with Crippen molar-refractivity contribution in [2.75, 3.05) is 19.8 Å². The van der Waals surface area contributed by atoms with E-state index in [4.69, 9.17) is 9.47 Å². The van der Waals surface area contributed by atoms with Crippen LogP contribution in [0.4, 0.5) is 0 Å². The number of ether oxygens (including phenoxy) is 2. The number of carbonyl (C=O) groups is 3. The number of para-hydroxylation sites is 1. The second kappa shape index (κ2) is 10.7. The highest BCUT2D eigenvalue weighted by Crippen LogP contribution is 2.58. The average molecular weight is 564 g/mol. The number of aliphatic hydroxyl groups excluding tert-OH is 1. The molecule has 2 aromatic rings. The monoisotopic (exact) mass is 563 g/mol. The number of aromatic nitrogens is 3. The highest BCUT2D eigenvalue weighted by molar-refractivity contribution is 5.99. The molecular weight excluding hydrogens is 526 g/mol. The molecule has 0 bridgehead atoms. The molecule has 11 nitrogen and oxygen atoms in total. The van der Waals surface area contributed by atoms with Crippen LogP contribution in [0, 0.1) is 11.8 Å². The lowest BCUT2D eigenvalue weighted by molar-refractivity contribution is -0.163. The molecule has 1 spiro atoms. The van der Waals surface area contributed by atoms with Crippen molar-refractivity contribution in [1.82, 2.24) is 24.8 Å². The minimum Gasteiger partial charge on any atom is -0.465 e. The van der Waals surface area contributed by atoms with E-state index in [-0.39, 0.29) is 38.2 Å². The SMILES string of the molecule is CC[C@@H](CO)N1C(=O)[C@@H]2[C@H]3C(=O)OCCCC/C=C\[C@@]3(CC)O[C@@]23C=CCN(Cn2nnc4ccccc42)C(=O)C13. The number of cyclic esters (lactones) is 1. The van der Waals surface area contributed by atoms with Crippen LogP contribution in [0.5, 0.6) is 0 Å². The minimum atomic E-state index is -1.41. The van der Waals surface area contributed by atoms with E-state index in [1.165, 1.54) is 4.90 Å². The zero-order chi connectivity index (χ0) is 28.8. The summed E-state index contributed by atoms with van der Waals surface area (Å²) in [6.07, 6.45) is 10.9. The Kier molecular flexibility index (Phi) is 7.19. The van der Waals surface area contributed by atoms with Crippen LogP contribution in [-0.2, 0) is 30.5 Å². The molecule has 2 fully saturated rings. The summed E-state index contributed by atoms with van der Waals surface area (Å²) < 4.78 is 14.3. The number of aliphatic hydroxyl groups is 1. The molecule has 11 heteroatoms. The Balaban J connectivity index is 1.47. The summed E-state index contributed by atoms with van der Waals surface area (Å²) in [5.41, 5.74) is -1.03. The maximum atomic E-state index is 14.6. The number of carbonyl (C=O) groups excluding carboxylic acids is 3. The molecule has 6 rings (SSSR count). The third-order valence-corrected chi connectivity index (χ3v) is 9.20. The fourth-order valence-corrected chi connectivity index (χ4v) is 7.14. The molecule has 41 heavy (non-hydrogen) atoms. The topological polar surface area (TPSA) is 127 Å². The zero-order valence-electron chi connectivity index (χ0n) is 23.5. The first-order valence-corrected chi connectivity index (χ1v) is 14.6. The lowest BCUT2D eigenvalue weighted by atomic mass is 9.73. The molecule has 5 heterocycles. The molecule has 0 saturated carbocycles. The molecule has 1 aromatic heterocycles. The molecule has 1 unspecified atom stereocenters. The van der Waals surface area contributed by atoms with Gasteiger partial charge in [-0.3, -0.25) is 14.4 Å². The third kappa shape index (κ3) is 4.20. The summed E-state index contributed by atoms with van der Waals surface area (Å²) >= 11 is 0. The van der Waals surface area contributed by atoms with Gasteiger partial charge in [-0.1, -0.05) is 55.5 Å². The zero-order valence-corrected chi connectivity index (χ0v) is 23.5. The molecule has 0 aliphatic carbocycles. The normalized spacial score (nSPS) is 33.2. The Morgan fingerprint density at radius 1 is 1.07 bits per heavy atom. The minimum absolute atomic E-state index is 0.114. The second-order valence-corrected chi connectivity index (χ2v) is 11.4. The number of hydrogen-bond donors (Lipinski definition) is 1. The summed E-state index contributed by atoms with van der Waals surface area (Å²) in [6.45, 7) is 4.11. The second-order valence-electron chi connectivity index (χ2n) is 11.4. The maximum Gasteiger partial charge on any atom is 0.313 e. The van der Waals surface area contributed by atoms with Gasteiger partial charge in [0.25, 0.3) is 5.91 Å². The van der Waals surface area contributed by atoms with Crippen molar-refractivity contribution >= 4 is 28.8 Å². The van der Waals surface area contributed by atoms with E-state index >= 15 is 0 Å². The van der Waals surface area contributed by atoms with Crippen LogP contribution < -0.4 is 0 Å². The molecule has 2 amide bonds. The summed E-state index contributed by atoms with van der Waals surface area (Å²) in [6, 6.07) is 5.81. The maximum absolute atomic E-state index is 14.6. The summed E-state index contributed by atoms with van der Waals surface area (Å²) in [4.78, 5) is 45.8. The van der Waals surface area contributed by atoms with E-state index in [1.807, 2.05) is 62.4 Å². The van der Waals surface area contributed by atoms with E-state index < -0.39 is 41.1 Å². The quantitative estimate of drug-likeness (QED) is 0.419. The number of amides is 2. The first kappa shape index (κ1) is 27.6. The molecular formula is C30H37N5O6.